The van der Waals surface area contributed by atoms with Crippen LogP contribution in [0.1, 0.15) is 28.4 Å². The summed E-state index contributed by atoms with van der Waals surface area (Å²) in [5, 5.41) is 13.3. The highest BCUT2D eigenvalue weighted by molar-refractivity contribution is 5.96. The van der Waals surface area contributed by atoms with Crippen LogP contribution in [-0.2, 0) is 16.0 Å². The average Bonchev–Trinajstić information content (AvgIpc) is 2.61. The summed E-state index contributed by atoms with van der Waals surface area (Å²) in [5.41, 5.74) is 2.30. The Hall–Kier alpha value is -3.22. The SMILES string of the molecule is CCc1ccc(C(=O)OCC(=O)Nc2cc([N+](=O)[O-])ccc2C)cc1. The molecule has 0 aliphatic carbocycles. The lowest BCUT2D eigenvalue weighted by Gasteiger charge is -2.09. The van der Waals surface area contributed by atoms with E-state index >= 15 is 0 Å². The molecule has 0 atom stereocenters. The first-order chi connectivity index (χ1) is 11.9. The number of nitro groups is 1. The standard InChI is InChI=1S/C18H18N2O5/c1-3-13-5-7-14(8-6-13)18(22)25-11-17(21)19-16-10-15(20(23)24)9-4-12(16)2/h4-10H,3,11H2,1-2H3,(H,19,21). The first-order valence-corrected chi connectivity index (χ1v) is 7.71. The van der Waals surface area contributed by atoms with Crippen LogP contribution in [0.5, 0.6) is 0 Å². The lowest BCUT2D eigenvalue weighted by atomic mass is 10.1. The summed E-state index contributed by atoms with van der Waals surface area (Å²) in [6, 6.07) is 11.1. The van der Waals surface area contributed by atoms with Crippen LogP contribution >= 0.6 is 0 Å². The smallest absolute Gasteiger partial charge is 0.338 e. The fraction of sp³-hybridized carbons (Fsp3) is 0.222. The van der Waals surface area contributed by atoms with Crippen molar-refractivity contribution in [3.63, 3.8) is 0 Å². The van der Waals surface area contributed by atoms with Crippen molar-refractivity contribution in [1.82, 2.24) is 0 Å². The minimum absolute atomic E-state index is 0.131. The predicted octanol–water partition coefficient (Wildman–Crippen LogP) is 3.26. The van der Waals surface area contributed by atoms with Gasteiger partial charge in [0.25, 0.3) is 11.6 Å². The van der Waals surface area contributed by atoms with Crippen LogP contribution in [0.15, 0.2) is 42.5 Å². The quantitative estimate of drug-likeness (QED) is 0.493. The van der Waals surface area contributed by atoms with E-state index in [1.807, 2.05) is 19.1 Å². The van der Waals surface area contributed by atoms with Gasteiger partial charge >= 0.3 is 5.97 Å². The van der Waals surface area contributed by atoms with E-state index in [4.69, 9.17) is 4.74 Å². The molecule has 7 nitrogen and oxygen atoms in total. The minimum Gasteiger partial charge on any atom is -0.452 e. The second kappa shape index (κ2) is 8.05. The van der Waals surface area contributed by atoms with Crippen molar-refractivity contribution in [2.45, 2.75) is 20.3 Å². The molecule has 0 fully saturated rings. The summed E-state index contributed by atoms with van der Waals surface area (Å²) < 4.78 is 4.97. The number of carbonyl (C=O) groups excluding carboxylic acids is 2. The number of ether oxygens (including phenoxy) is 1. The Morgan fingerprint density at radius 1 is 1.16 bits per heavy atom. The number of amides is 1. The lowest BCUT2D eigenvalue weighted by Crippen LogP contribution is -2.21. The van der Waals surface area contributed by atoms with E-state index in [-0.39, 0.29) is 5.69 Å². The third-order valence-corrected chi connectivity index (χ3v) is 3.64. The highest BCUT2D eigenvalue weighted by Crippen LogP contribution is 2.21. The van der Waals surface area contributed by atoms with Crippen molar-refractivity contribution < 1.29 is 19.2 Å². The van der Waals surface area contributed by atoms with Crippen LogP contribution < -0.4 is 5.32 Å². The molecule has 0 radical (unpaired) electrons. The van der Waals surface area contributed by atoms with Crippen molar-refractivity contribution in [1.29, 1.82) is 0 Å². The van der Waals surface area contributed by atoms with Gasteiger partial charge in [-0.3, -0.25) is 14.9 Å². The van der Waals surface area contributed by atoms with E-state index in [0.29, 0.717) is 16.8 Å². The van der Waals surface area contributed by atoms with Gasteiger partial charge in [0.15, 0.2) is 6.61 Å². The van der Waals surface area contributed by atoms with Crippen LogP contribution in [0.2, 0.25) is 0 Å². The maximum absolute atomic E-state index is 11.9. The second-order valence-corrected chi connectivity index (χ2v) is 5.43. The number of anilines is 1. The molecular formula is C18H18N2O5. The van der Waals surface area contributed by atoms with E-state index in [9.17, 15) is 19.7 Å². The average molecular weight is 342 g/mol. The summed E-state index contributed by atoms with van der Waals surface area (Å²) in [4.78, 5) is 34.1. The largest absolute Gasteiger partial charge is 0.452 e. The highest BCUT2D eigenvalue weighted by atomic mass is 16.6. The molecule has 7 heteroatoms. The first kappa shape index (κ1) is 18.1. The zero-order valence-corrected chi connectivity index (χ0v) is 13.9. The van der Waals surface area contributed by atoms with Crippen LogP contribution in [0, 0.1) is 17.0 Å². The number of benzene rings is 2. The number of carbonyl (C=O) groups is 2. The molecule has 0 aliphatic heterocycles. The summed E-state index contributed by atoms with van der Waals surface area (Å²) in [7, 11) is 0. The Bertz CT molecular complexity index is 800. The van der Waals surface area contributed by atoms with Gasteiger partial charge in [0.1, 0.15) is 0 Å². The fourth-order valence-corrected chi connectivity index (χ4v) is 2.14. The van der Waals surface area contributed by atoms with Gasteiger partial charge in [-0.05, 0) is 36.6 Å². The van der Waals surface area contributed by atoms with E-state index in [2.05, 4.69) is 5.32 Å². The van der Waals surface area contributed by atoms with Crippen molar-refractivity contribution >= 4 is 23.3 Å². The molecule has 0 saturated carbocycles. The molecular weight excluding hydrogens is 324 g/mol. The lowest BCUT2D eigenvalue weighted by molar-refractivity contribution is -0.384. The summed E-state index contributed by atoms with van der Waals surface area (Å²) in [6.07, 6.45) is 0.861. The molecule has 130 valence electrons. The Labute approximate surface area is 144 Å². The number of nitro benzene ring substituents is 1. The Morgan fingerprint density at radius 3 is 2.44 bits per heavy atom. The number of nitrogens with zero attached hydrogens (tertiary/aromatic N) is 1. The molecule has 0 aliphatic rings. The van der Waals surface area contributed by atoms with Gasteiger partial charge in [-0.2, -0.15) is 0 Å². The normalized spacial score (nSPS) is 10.2. The monoisotopic (exact) mass is 342 g/mol. The van der Waals surface area contributed by atoms with Crippen LogP contribution in [0.3, 0.4) is 0 Å². The van der Waals surface area contributed by atoms with Crippen molar-refractivity contribution in [2.24, 2.45) is 0 Å². The number of esters is 1. The van der Waals surface area contributed by atoms with Gasteiger partial charge in [-0.1, -0.05) is 25.1 Å². The number of hydrogen-bond acceptors (Lipinski definition) is 5. The Morgan fingerprint density at radius 2 is 1.84 bits per heavy atom. The number of rotatable bonds is 6. The molecule has 0 heterocycles. The molecule has 2 aromatic carbocycles. The molecule has 1 N–H and O–H groups in total. The molecule has 0 saturated heterocycles. The third-order valence-electron chi connectivity index (χ3n) is 3.64. The molecule has 0 unspecified atom stereocenters. The van der Waals surface area contributed by atoms with Crippen molar-refractivity contribution in [2.75, 3.05) is 11.9 Å². The molecule has 0 aromatic heterocycles. The van der Waals surface area contributed by atoms with Gasteiger partial charge in [-0.15, -0.1) is 0 Å². The van der Waals surface area contributed by atoms with Gasteiger partial charge < -0.3 is 10.1 Å². The summed E-state index contributed by atoms with van der Waals surface area (Å²) in [5.74, 6) is -1.17. The van der Waals surface area contributed by atoms with Crippen LogP contribution in [0.4, 0.5) is 11.4 Å². The number of nitrogens with one attached hydrogen (secondary N) is 1. The van der Waals surface area contributed by atoms with E-state index < -0.39 is 23.4 Å². The number of hydrogen-bond donors (Lipinski definition) is 1. The predicted molar refractivity (Wildman–Crippen MR) is 92.6 cm³/mol. The molecule has 2 rings (SSSR count). The van der Waals surface area contributed by atoms with Crippen LogP contribution in [0.25, 0.3) is 0 Å². The van der Waals surface area contributed by atoms with Gasteiger partial charge in [0.2, 0.25) is 0 Å². The van der Waals surface area contributed by atoms with Crippen molar-refractivity contribution in [3.05, 3.63) is 69.3 Å². The van der Waals surface area contributed by atoms with E-state index in [1.54, 1.807) is 19.1 Å². The molecule has 0 bridgehead atoms. The van der Waals surface area contributed by atoms with E-state index in [1.165, 1.54) is 18.2 Å². The van der Waals surface area contributed by atoms with E-state index in [0.717, 1.165) is 12.0 Å². The zero-order valence-electron chi connectivity index (χ0n) is 13.9. The minimum atomic E-state index is -0.603. The molecule has 25 heavy (non-hydrogen) atoms. The highest BCUT2D eigenvalue weighted by Gasteiger charge is 2.13. The first-order valence-electron chi connectivity index (χ1n) is 7.71. The molecule has 2 aromatic rings. The van der Waals surface area contributed by atoms with Gasteiger partial charge in [0, 0.05) is 12.1 Å². The van der Waals surface area contributed by atoms with Crippen LogP contribution in [-0.4, -0.2) is 23.4 Å². The number of non-ortho nitro benzene ring substituents is 1. The fourth-order valence-electron chi connectivity index (χ4n) is 2.14. The molecule has 1 amide bonds. The van der Waals surface area contributed by atoms with Crippen molar-refractivity contribution in [3.8, 4) is 0 Å². The Balaban J connectivity index is 1.95. The van der Waals surface area contributed by atoms with Gasteiger partial charge in [0.05, 0.1) is 16.2 Å². The zero-order chi connectivity index (χ0) is 18.4. The van der Waals surface area contributed by atoms with Gasteiger partial charge in [-0.25, -0.2) is 4.79 Å². The topological polar surface area (TPSA) is 98.5 Å². The summed E-state index contributed by atoms with van der Waals surface area (Å²) in [6.45, 7) is 3.24. The maximum atomic E-state index is 11.9. The Kier molecular flexibility index (Phi) is 5.84. The summed E-state index contributed by atoms with van der Waals surface area (Å²) >= 11 is 0. The third kappa shape index (κ3) is 4.87. The second-order valence-electron chi connectivity index (χ2n) is 5.43. The maximum Gasteiger partial charge on any atom is 0.338 e. The molecule has 0 spiro atoms. The number of aryl methyl sites for hydroxylation is 2.